The van der Waals surface area contributed by atoms with Gasteiger partial charge in [-0.05, 0) is 13.5 Å². The van der Waals surface area contributed by atoms with Crippen LogP contribution < -0.4 is 5.32 Å². The van der Waals surface area contributed by atoms with Crippen LogP contribution in [0.3, 0.4) is 0 Å². The molecule has 2 atom stereocenters. The molecule has 5 nitrogen and oxygen atoms in total. The number of hydrogen-bond acceptors (Lipinski definition) is 3. The molecule has 70 valence electrons. The van der Waals surface area contributed by atoms with Crippen molar-refractivity contribution in [3.8, 4) is 0 Å². The maximum Gasteiger partial charge on any atom is 0.321 e. The molecule has 0 heterocycles. The second kappa shape index (κ2) is 4.71. The first-order chi connectivity index (χ1) is 5.54. The molecule has 0 amide bonds. The predicted molar refractivity (Wildman–Crippen MR) is 41.9 cm³/mol. The summed E-state index contributed by atoms with van der Waals surface area (Å²) >= 11 is 0. The molecule has 0 aromatic heterocycles. The van der Waals surface area contributed by atoms with Crippen LogP contribution in [0.2, 0.25) is 0 Å². The highest BCUT2D eigenvalue weighted by molar-refractivity contribution is 5.82. The Kier molecular flexibility index (Phi) is 4.28. The molecule has 0 saturated carbocycles. The van der Waals surface area contributed by atoms with Crippen molar-refractivity contribution in [1.29, 1.82) is 0 Å². The second-order valence-electron chi connectivity index (χ2n) is 2.46. The normalized spacial score (nSPS) is 15.2. The van der Waals surface area contributed by atoms with Gasteiger partial charge in [-0.3, -0.25) is 9.59 Å². The van der Waals surface area contributed by atoms with Crippen molar-refractivity contribution in [2.45, 2.75) is 19.4 Å². The smallest absolute Gasteiger partial charge is 0.321 e. The Labute approximate surface area is 70.4 Å². The molecule has 0 aromatic carbocycles. The minimum absolute atomic E-state index is 0.299. The van der Waals surface area contributed by atoms with Crippen molar-refractivity contribution >= 4 is 11.9 Å². The van der Waals surface area contributed by atoms with Crippen molar-refractivity contribution in [3.63, 3.8) is 0 Å². The fourth-order valence-electron chi connectivity index (χ4n) is 1.05. The Bertz CT molecular complexity index is 160. The fourth-order valence-corrected chi connectivity index (χ4v) is 1.05. The van der Waals surface area contributed by atoms with Crippen LogP contribution in [-0.2, 0) is 9.59 Å². The molecule has 0 aliphatic carbocycles. The van der Waals surface area contributed by atoms with Gasteiger partial charge in [-0.25, -0.2) is 0 Å². The van der Waals surface area contributed by atoms with Crippen LogP contribution in [0, 0.1) is 5.92 Å². The van der Waals surface area contributed by atoms with E-state index < -0.39 is 23.9 Å². The minimum Gasteiger partial charge on any atom is -0.481 e. The number of carboxylic acid groups (broad SMARTS) is 2. The van der Waals surface area contributed by atoms with Gasteiger partial charge in [0.2, 0.25) is 0 Å². The van der Waals surface area contributed by atoms with Gasteiger partial charge in [-0.15, -0.1) is 0 Å². The zero-order valence-electron chi connectivity index (χ0n) is 7.07. The topological polar surface area (TPSA) is 86.6 Å². The summed E-state index contributed by atoms with van der Waals surface area (Å²) in [5, 5.41) is 19.7. The van der Waals surface area contributed by atoms with Gasteiger partial charge in [0, 0.05) is 0 Å². The summed E-state index contributed by atoms with van der Waals surface area (Å²) in [6.07, 6.45) is 0.299. The Balaban J connectivity index is 4.44. The minimum atomic E-state index is -1.13. The molecule has 0 unspecified atom stereocenters. The zero-order valence-corrected chi connectivity index (χ0v) is 7.07. The molecular formula is C7H13NO4. The highest BCUT2D eigenvalue weighted by Crippen LogP contribution is 2.08. The van der Waals surface area contributed by atoms with E-state index in [-0.39, 0.29) is 0 Å². The first-order valence-electron chi connectivity index (χ1n) is 3.67. The van der Waals surface area contributed by atoms with Gasteiger partial charge in [-0.1, -0.05) is 6.92 Å². The molecule has 0 aliphatic rings. The highest BCUT2D eigenvalue weighted by atomic mass is 16.4. The third-order valence-corrected chi connectivity index (χ3v) is 1.74. The van der Waals surface area contributed by atoms with Gasteiger partial charge >= 0.3 is 11.9 Å². The fraction of sp³-hybridized carbons (Fsp3) is 0.714. The quantitative estimate of drug-likeness (QED) is 0.537. The van der Waals surface area contributed by atoms with E-state index in [4.69, 9.17) is 10.2 Å². The summed E-state index contributed by atoms with van der Waals surface area (Å²) in [6.45, 7) is 1.64. The SMILES string of the molecule is CC[C@H](C(=O)O)[C@H](NC)C(=O)O. The van der Waals surface area contributed by atoms with Crippen molar-refractivity contribution in [3.05, 3.63) is 0 Å². The number of rotatable bonds is 5. The second-order valence-corrected chi connectivity index (χ2v) is 2.46. The Morgan fingerprint density at radius 3 is 1.92 bits per heavy atom. The molecule has 0 bridgehead atoms. The van der Waals surface area contributed by atoms with Crippen LogP contribution >= 0.6 is 0 Å². The average molecular weight is 175 g/mol. The van der Waals surface area contributed by atoms with Gasteiger partial charge < -0.3 is 15.5 Å². The molecule has 0 radical (unpaired) electrons. The molecule has 0 fully saturated rings. The number of likely N-dealkylation sites (N-methyl/N-ethyl adjacent to an activating group) is 1. The van der Waals surface area contributed by atoms with Gasteiger partial charge in [0.05, 0.1) is 5.92 Å². The van der Waals surface area contributed by atoms with Crippen LogP contribution in [-0.4, -0.2) is 35.2 Å². The third kappa shape index (κ3) is 2.50. The molecule has 0 aliphatic heterocycles. The van der Waals surface area contributed by atoms with E-state index in [1.54, 1.807) is 6.92 Å². The Morgan fingerprint density at radius 1 is 1.33 bits per heavy atom. The van der Waals surface area contributed by atoms with E-state index in [0.29, 0.717) is 6.42 Å². The van der Waals surface area contributed by atoms with E-state index in [2.05, 4.69) is 5.32 Å². The van der Waals surface area contributed by atoms with E-state index in [1.165, 1.54) is 7.05 Å². The summed E-state index contributed by atoms with van der Waals surface area (Å²) in [7, 11) is 1.43. The van der Waals surface area contributed by atoms with Crippen LogP contribution in [0.1, 0.15) is 13.3 Å². The standard InChI is InChI=1S/C7H13NO4/c1-3-4(6(9)10)5(8-2)7(11)12/h4-5,8H,3H2,1-2H3,(H,9,10)(H,11,12)/t4-,5-/m0/s1. The van der Waals surface area contributed by atoms with Crippen LogP contribution in [0.25, 0.3) is 0 Å². The summed E-state index contributed by atoms with van der Waals surface area (Å²) in [6, 6.07) is -1.01. The van der Waals surface area contributed by atoms with Gasteiger partial charge in [0.15, 0.2) is 0 Å². The van der Waals surface area contributed by atoms with Crippen LogP contribution in [0.5, 0.6) is 0 Å². The van der Waals surface area contributed by atoms with Crippen molar-refractivity contribution in [2.75, 3.05) is 7.05 Å². The number of nitrogens with one attached hydrogen (secondary N) is 1. The van der Waals surface area contributed by atoms with E-state index in [9.17, 15) is 9.59 Å². The van der Waals surface area contributed by atoms with E-state index in [0.717, 1.165) is 0 Å². The lowest BCUT2D eigenvalue weighted by molar-refractivity contribution is -0.150. The lowest BCUT2D eigenvalue weighted by Gasteiger charge is -2.17. The molecule has 3 N–H and O–H groups in total. The highest BCUT2D eigenvalue weighted by Gasteiger charge is 2.30. The first-order valence-corrected chi connectivity index (χ1v) is 3.67. The molecule has 0 aromatic rings. The summed E-state index contributed by atoms with van der Waals surface area (Å²) < 4.78 is 0. The van der Waals surface area contributed by atoms with E-state index >= 15 is 0 Å². The molecule has 5 heteroatoms. The Hall–Kier alpha value is -1.10. The maximum atomic E-state index is 10.5. The predicted octanol–water partition coefficient (Wildman–Crippen LogP) is -0.230. The first kappa shape index (κ1) is 10.9. The van der Waals surface area contributed by atoms with Gasteiger partial charge in [0.1, 0.15) is 6.04 Å². The average Bonchev–Trinajstić information content (AvgIpc) is 1.98. The largest absolute Gasteiger partial charge is 0.481 e. The van der Waals surface area contributed by atoms with Gasteiger partial charge in [0.25, 0.3) is 0 Å². The number of carbonyl (C=O) groups is 2. The number of hydrogen-bond donors (Lipinski definition) is 3. The molecule has 0 saturated heterocycles. The molecule has 12 heavy (non-hydrogen) atoms. The summed E-state index contributed by atoms with van der Waals surface area (Å²) in [5.41, 5.74) is 0. The lowest BCUT2D eigenvalue weighted by atomic mass is 9.97. The van der Waals surface area contributed by atoms with Crippen molar-refractivity contribution < 1.29 is 19.8 Å². The van der Waals surface area contributed by atoms with Gasteiger partial charge in [-0.2, -0.15) is 0 Å². The third-order valence-electron chi connectivity index (χ3n) is 1.74. The zero-order chi connectivity index (χ0) is 9.72. The lowest BCUT2D eigenvalue weighted by Crippen LogP contribution is -2.43. The molecular weight excluding hydrogens is 162 g/mol. The number of carboxylic acids is 2. The number of aliphatic carboxylic acids is 2. The van der Waals surface area contributed by atoms with E-state index in [1.807, 2.05) is 0 Å². The van der Waals surface area contributed by atoms with Crippen molar-refractivity contribution in [1.82, 2.24) is 5.32 Å². The van der Waals surface area contributed by atoms with Crippen LogP contribution in [0.4, 0.5) is 0 Å². The summed E-state index contributed by atoms with van der Waals surface area (Å²) in [5.74, 6) is -3.08. The summed E-state index contributed by atoms with van der Waals surface area (Å²) in [4.78, 5) is 21.0. The molecule has 0 rings (SSSR count). The Morgan fingerprint density at radius 2 is 1.83 bits per heavy atom. The maximum absolute atomic E-state index is 10.5. The monoisotopic (exact) mass is 175 g/mol. The van der Waals surface area contributed by atoms with Crippen LogP contribution in [0.15, 0.2) is 0 Å². The van der Waals surface area contributed by atoms with Crippen molar-refractivity contribution in [2.24, 2.45) is 5.92 Å². The molecule has 0 spiro atoms.